The highest BCUT2D eigenvalue weighted by Gasteiger charge is 2.06. The molecule has 0 saturated heterocycles. The lowest BCUT2D eigenvalue weighted by molar-refractivity contribution is 0.454. The molecule has 18 heavy (non-hydrogen) atoms. The van der Waals surface area contributed by atoms with Crippen LogP contribution in [0.1, 0.15) is 24.6 Å². The van der Waals surface area contributed by atoms with Crippen LogP contribution in [0.2, 0.25) is 0 Å². The van der Waals surface area contributed by atoms with E-state index >= 15 is 0 Å². The van der Waals surface area contributed by atoms with Crippen molar-refractivity contribution in [2.45, 2.75) is 43.0 Å². The van der Waals surface area contributed by atoms with Crippen molar-refractivity contribution in [1.82, 2.24) is 9.97 Å². The highest BCUT2D eigenvalue weighted by Crippen LogP contribution is 2.25. The third kappa shape index (κ3) is 3.58. The van der Waals surface area contributed by atoms with Gasteiger partial charge in [0.05, 0.1) is 5.69 Å². The van der Waals surface area contributed by atoms with Crippen molar-refractivity contribution < 1.29 is 4.42 Å². The Morgan fingerprint density at radius 2 is 2.28 bits per heavy atom. The number of oxazole rings is 1. The van der Waals surface area contributed by atoms with E-state index in [9.17, 15) is 0 Å². The summed E-state index contributed by atoms with van der Waals surface area (Å²) in [5, 5.41) is 1.50. The van der Waals surface area contributed by atoms with E-state index in [0.717, 1.165) is 29.1 Å². The largest absolute Gasteiger partial charge is 0.439 e. The molecule has 1 atom stereocenters. The molecule has 0 radical (unpaired) electrons. The van der Waals surface area contributed by atoms with Gasteiger partial charge in [-0.1, -0.05) is 13.0 Å². The molecule has 2 N–H and O–H groups in total. The van der Waals surface area contributed by atoms with E-state index in [0.29, 0.717) is 5.22 Å². The molecule has 0 aromatic carbocycles. The summed E-state index contributed by atoms with van der Waals surface area (Å²) in [7, 11) is 0. The van der Waals surface area contributed by atoms with E-state index in [1.165, 1.54) is 11.8 Å². The molecule has 96 valence electrons. The normalized spacial score (nSPS) is 12.6. The van der Waals surface area contributed by atoms with E-state index in [1.54, 1.807) is 6.26 Å². The Hall–Kier alpha value is -1.33. The highest BCUT2D eigenvalue weighted by molar-refractivity contribution is 7.99. The first-order valence-electron chi connectivity index (χ1n) is 5.98. The molecule has 0 aliphatic carbocycles. The van der Waals surface area contributed by atoms with E-state index in [1.807, 2.05) is 19.2 Å². The Labute approximate surface area is 111 Å². The second kappa shape index (κ2) is 6.02. The SMILES string of the molecule is CCC(N)Cc1ccc(Sc2nc(C)co2)nc1. The molecule has 2 aromatic heterocycles. The first kappa shape index (κ1) is 13.1. The monoisotopic (exact) mass is 263 g/mol. The van der Waals surface area contributed by atoms with Crippen molar-refractivity contribution in [1.29, 1.82) is 0 Å². The van der Waals surface area contributed by atoms with Crippen LogP contribution in [-0.4, -0.2) is 16.0 Å². The maximum absolute atomic E-state index is 5.91. The maximum Gasteiger partial charge on any atom is 0.262 e. The number of nitrogens with two attached hydrogens (primary N) is 1. The van der Waals surface area contributed by atoms with Gasteiger partial charge in [-0.3, -0.25) is 0 Å². The minimum atomic E-state index is 0.208. The van der Waals surface area contributed by atoms with Crippen molar-refractivity contribution in [2.24, 2.45) is 5.73 Å². The number of nitrogens with zero attached hydrogens (tertiary/aromatic N) is 2. The molecule has 0 spiro atoms. The van der Waals surface area contributed by atoms with Crippen LogP contribution in [0, 0.1) is 6.92 Å². The molecule has 2 heterocycles. The van der Waals surface area contributed by atoms with Gasteiger partial charge in [0, 0.05) is 12.2 Å². The highest BCUT2D eigenvalue weighted by atomic mass is 32.2. The number of aryl methyl sites for hydroxylation is 1. The predicted octanol–water partition coefficient (Wildman–Crippen LogP) is 2.81. The number of pyridine rings is 1. The molecule has 0 saturated carbocycles. The van der Waals surface area contributed by atoms with E-state index in [2.05, 4.69) is 23.0 Å². The summed E-state index contributed by atoms with van der Waals surface area (Å²) in [6.07, 6.45) is 5.35. The number of aromatic nitrogens is 2. The quantitative estimate of drug-likeness (QED) is 0.898. The van der Waals surface area contributed by atoms with Crippen LogP contribution in [0.3, 0.4) is 0 Å². The molecule has 4 nitrogen and oxygen atoms in total. The molecule has 0 fully saturated rings. The Balaban J connectivity index is 1.99. The van der Waals surface area contributed by atoms with Crippen molar-refractivity contribution in [3.05, 3.63) is 35.9 Å². The first-order valence-corrected chi connectivity index (χ1v) is 6.79. The van der Waals surface area contributed by atoms with Crippen molar-refractivity contribution in [3.63, 3.8) is 0 Å². The van der Waals surface area contributed by atoms with Crippen molar-refractivity contribution in [3.8, 4) is 0 Å². The zero-order chi connectivity index (χ0) is 13.0. The average molecular weight is 263 g/mol. The molecule has 1 unspecified atom stereocenters. The van der Waals surface area contributed by atoms with Crippen LogP contribution in [0.15, 0.2) is 39.3 Å². The fourth-order valence-corrected chi connectivity index (χ4v) is 2.21. The van der Waals surface area contributed by atoms with Gasteiger partial charge in [-0.2, -0.15) is 0 Å². The second-order valence-corrected chi connectivity index (χ2v) is 5.21. The Kier molecular flexibility index (Phi) is 4.38. The lowest BCUT2D eigenvalue weighted by Crippen LogP contribution is -2.21. The van der Waals surface area contributed by atoms with E-state index in [4.69, 9.17) is 10.2 Å². The molecular formula is C13H17N3OS. The van der Waals surface area contributed by atoms with Gasteiger partial charge in [0.1, 0.15) is 11.3 Å². The molecule has 0 aliphatic heterocycles. The molecule has 0 aliphatic rings. The van der Waals surface area contributed by atoms with Crippen LogP contribution >= 0.6 is 11.8 Å². The lowest BCUT2D eigenvalue weighted by Gasteiger charge is -2.08. The van der Waals surface area contributed by atoms with Gasteiger partial charge < -0.3 is 10.2 Å². The topological polar surface area (TPSA) is 64.9 Å². The van der Waals surface area contributed by atoms with Gasteiger partial charge in [0.15, 0.2) is 0 Å². The average Bonchev–Trinajstić information content (AvgIpc) is 2.77. The molecule has 2 rings (SSSR count). The Morgan fingerprint density at radius 1 is 1.44 bits per heavy atom. The number of hydrogen-bond acceptors (Lipinski definition) is 5. The van der Waals surface area contributed by atoms with Crippen LogP contribution in [0.4, 0.5) is 0 Å². The van der Waals surface area contributed by atoms with Gasteiger partial charge in [0.25, 0.3) is 5.22 Å². The van der Waals surface area contributed by atoms with Gasteiger partial charge in [-0.15, -0.1) is 0 Å². The molecule has 0 bridgehead atoms. The third-order valence-electron chi connectivity index (χ3n) is 2.61. The number of rotatable bonds is 5. The van der Waals surface area contributed by atoms with Gasteiger partial charge >= 0.3 is 0 Å². The summed E-state index contributed by atoms with van der Waals surface area (Å²) in [5.74, 6) is 0. The first-order chi connectivity index (χ1) is 8.67. The van der Waals surface area contributed by atoms with Crippen LogP contribution < -0.4 is 5.73 Å². The molecule has 5 heteroatoms. The fourth-order valence-electron chi connectivity index (χ4n) is 1.51. The van der Waals surface area contributed by atoms with Crippen molar-refractivity contribution >= 4 is 11.8 Å². The third-order valence-corrected chi connectivity index (χ3v) is 3.42. The zero-order valence-corrected chi connectivity index (χ0v) is 11.4. The summed E-state index contributed by atoms with van der Waals surface area (Å²) in [6.45, 7) is 3.99. The summed E-state index contributed by atoms with van der Waals surface area (Å²) < 4.78 is 5.27. The van der Waals surface area contributed by atoms with Crippen LogP contribution in [-0.2, 0) is 6.42 Å². The van der Waals surface area contributed by atoms with Gasteiger partial charge in [-0.25, -0.2) is 9.97 Å². The summed E-state index contributed by atoms with van der Waals surface area (Å²) in [5.41, 5.74) is 7.95. The standard InChI is InChI=1S/C13H17N3OS/c1-3-11(14)6-10-4-5-12(15-7-10)18-13-16-9(2)8-17-13/h4-5,7-8,11H,3,6,14H2,1-2H3. The van der Waals surface area contributed by atoms with E-state index < -0.39 is 0 Å². The second-order valence-electron chi connectivity index (χ2n) is 4.23. The number of hydrogen-bond donors (Lipinski definition) is 1. The Morgan fingerprint density at radius 3 is 2.83 bits per heavy atom. The summed E-state index contributed by atoms with van der Waals surface area (Å²) in [6, 6.07) is 4.24. The Bertz CT molecular complexity index is 495. The van der Waals surface area contributed by atoms with Crippen LogP contribution in [0.25, 0.3) is 0 Å². The molecule has 0 amide bonds. The van der Waals surface area contributed by atoms with E-state index in [-0.39, 0.29) is 6.04 Å². The fraction of sp³-hybridized carbons (Fsp3) is 0.385. The summed E-state index contributed by atoms with van der Waals surface area (Å²) >= 11 is 1.42. The zero-order valence-electron chi connectivity index (χ0n) is 10.6. The maximum atomic E-state index is 5.91. The lowest BCUT2D eigenvalue weighted by atomic mass is 10.1. The predicted molar refractivity (Wildman–Crippen MR) is 71.6 cm³/mol. The van der Waals surface area contributed by atoms with Gasteiger partial charge in [0.2, 0.25) is 0 Å². The molecule has 2 aromatic rings. The minimum Gasteiger partial charge on any atom is -0.439 e. The minimum absolute atomic E-state index is 0.208. The summed E-state index contributed by atoms with van der Waals surface area (Å²) in [4.78, 5) is 8.60. The molecular weight excluding hydrogens is 246 g/mol. The van der Waals surface area contributed by atoms with Crippen LogP contribution in [0.5, 0.6) is 0 Å². The smallest absolute Gasteiger partial charge is 0.262 e. The van der Waals surface area contributed by atoms with Crippen molar-refractivity contribution in [2.75, 3.05) is 0 Å². The van der Waals surface area contributed by atoms with Gasteiger partial charge in [-0.05, 0) is 43.2 Å².